The van der Waals surface area contributed by atoms with Gasteiger partial charge in [0.2, 0.25) is 11.8 Å². The summed E-state index contributed by atoms with van der Waals surface area (Å²) in [6, 6.07) is 10.2. The predicted molar refractivity (Wildman–Crippen MR) is 84.8 cm³/mol. The van der Waals surface area contributed by atoms with E-state index in [1.54, 1.807) is 0 Å². The molecule has 0 radical (unpaired) electrons. The summed E-state index contributed by atoms with van der Waals surface area (Å²) in [6.45, 7) is 2.59. The van der Waals surface area contributed by atoms with Crippen LogP contribution in [0.15, 0.2) is 30.3 Å². The number of rotatable bonds is 6. The summed E-state index contributed by atoms with van der Waals surface area (Å²) in [7, 11) is 0. The SMILES string of the molecule is CC1CC(=O)NC(SCC(=O)NCCc2ccccc2)N1. The van der Waals surface area contributed by atoms with Crippen LogP contribution in [0.25, 0.3) is 0 Å². The maximum atomic E-state index is 11.8. The molecule has 2 atom stereocenters. The van der Waals surface area contributed by atoms with Gasteiger partial charge in [-0.05, 0) is 18.9 Å². The minimum absolute atomic E-state index is 0.00907. The van der Waals surface area contributed by atoms with Crippen LogP contribution in [0, 0.1) is 0 Å². The quantitative estimate of drug-likeness (QED) is 0.729. The Morgan fingerprint density at radius 3 is 2.86 bits per heavy atom. The molecule has 0 bridgehead atoms. The molecular formula is C15H21N3O2S. The number of hydrogen-bond donors (Lipinski definition) is 3. The van der Waals surface area contributed by atoms with E-state index in [1.165, 1.54) is 17.3 Å². The van der Waals surface area contributed by atoms with Gasteiger partial charge in [-0.3, -0.25) is 14.9 Å². The Labute approximate surface area is 129 Å². The van der Waals surface area contributed by atoms with Crippen LogP contribution < -0.4 is 16.0 Å². The lowest BCUT2D eigenvalue weighted by atomic mass is 10.1. The number of carbonyl (C=O) groups excluding carboxylic acids is 2. The third kappa shape index (κ3) is 5.77. The summed E-state index contributed by atoms with van der Waals surface area (Å²) >= 11 is 1.40. The van der Waals surface area contributed by atoms with E-state index in [4.69, 9.17) is 0 Å². The normalized spacial score (nSPS) is 21.7. The van der Waals surface area contributed by atoms with Crippen LogP contribution in [0.2, 0.25) is 0 Å². The summed E-state index contributed by atoms with van der Waals surface area (Å²) < 4.78 is 0. The van der Waals surface area contributed by atoms with E-state index in [-0.39, 0.29) is 23.4 Å². The van der Waals surface area contributed by atoms with Crippen molar-refractivity contribution in [3.05, 3.63) is 35.9 Å². The molecule has 1 fully saturated rings. The summed E-state index contributed by atoms with van der Waals surface area (Å²) in [5.41, 5.74) is 1.03. The second-order valence-electron chi connectivity index (χ2n) is 5.12. The molecule has 1 saturated heterocycles. The first kappa shape index (κ1) is 15.9. The number of benzene rings is 1. The highest BCUT2D eigenvalue weighted by molar-refractivity contribution is 8.00. The highest BCUT2D eigenvalue weighted by Crippen LogP contribution is 2.11. The maximum absolute atomic E-state index is 11.8. The van der Waals surface area contributed by atoms with Gasteiger partial charge in [-0.1, -0.05) is 30.3 Å². The van der Waals surface area contributed by atoms with Crippen LogP contribution in [0.3, 0.4) is 0 Å². The third-order valence-corrected chi connectivity index (χ3v) is 4.20. The molecule has 2 amide bonds. The molecule has 1 aromatic carbocycles. The van der Waals surface area contributed by atoms with Crippen molar-refractivity contribution in [3.8, 4) is 0 Å². The molecule has 0 saturated carbocycles. The van der Waals surface area contributed by atoms with Crippen LogP contribution in [0.5, 0.6) is 0 Å². The summed E-state index contributed by atoms with van der Waals surface area (Å²) in [6.07, 6.45) is 1.31. The van der Waals surface area contributed by atoms with Crippen molar-refractivity contribution >= 4 is 23.6 Å². The number of thioether (sulfide) groups is 1. The van der Waals surface area contributed by atoms with Gasteiger partial charge >= 0.3 is 0 Å². The molecule has 2 unspecified atom stereocenters. The molecule has 0 spiro atoms. The molecular weight excluding hydrogens is 286 g/mol. The molecule has 1 aliphatic rings. The fourth-order valence-corrected chi connectivity index (χ4v) is 3.10. The van der Waals surface area contributed by atoms with Gasteiger partial charge in [0.15, 0.2) is 0 Å². The monoisotopic (exact) mass is 307 g/mol. The molecule has 1 aromatic rings. The first-order valence-corrected chi connectivity index (χ1v) is 8.16. The van der Waals surface area contributed by atoms with Gasteiger partial charge in [-0.15, -0.1) is 11.8 Å². The topological polar surface area (TPSA) is 70.2 Å². The average molecular weight is 307 g/mol. The van der Waals surface area contributed by atoms with Crippen molar-refractivity contribution in [2.24, 2.45) is 0 Å². The maximum Gasteiger partial charge on any atom is 0.230 e. The largest absolute Gasteiger partial charge is 0.355 e. The van der Waals surface area contributed by atoms with E-state index in [2.05, 4.69) is 16.0 Å². The first-order chi connectivity index (χ1) is 10.1. The number of hydrogen-bond acceptors (Lipinski definition) is 4. The molecule has 0 aliphatic carbocycles. The van der Waals surface area contributed by atoms with E-state index in [0.29, 0.717) is 18.7 Å². The minimum Gasteiger partial charge on any atom is -0.355 e. The zero-order valence-electron chi connectivity index (χ0n) is 12.1. The lowest BCUT2D eigenvalue weighted by molar-refractivity contribution is -0.123. The Hall–Kier alpha value is -1.53. The van der Waals surface area contributed by atoms with Gasteiger partial charge in [0.1, 0.15) is 5.50 Å². The van der Waals surface area contributed by atoms with Crippen molar-refractivity contribution < 1.29 is 9.59 Å². The van der Waals surface area contributed by atoms with Crippen LogP contribution in [0.4, 0.5) is 0 Å². The molecule has 1 aliphatic heterocycles. The fraction of sp³-hybridized carbons (Fsp3) is 0.467. The van der Waals surface area contributed by atoms with Gasteiger partial charge < -0.3 is 10.6 Å². The van der Waals surface area contributed by atoms with Crippen LogP contribution in [-0.2, 0) is 16.0 Å². The molecule has 2 rings (SSSR count). The smallest absolute Gasteiger partial charge is 0.230 e. The van der Waals surface area contributed by atoms with Gasteiger partial charge in [-0.25, -0.2) is 0 Å². The Morgan fingerprint density at radius 2 is 2.14 bits per heavy atom. The molecule has 114 valence electrons. The number of amides is 2. The van der Waals surface area contributed by atoms with Crippen molar-refractivity contribution in [2.45, 2.75) is 31.3 Å². The second-order valence-corrected chi connectivity index (χ2v) is 6.21. The van der Waals surface area contributed by atoms with Crippen LogP contribution in [0.1, 0.15) is 18.9 Å². The van der Waals surface area contributed by atoms with Crippen molar-refractivity contribution in [3.63, 3.8) is 0 Å². The van der Waals surface area contributed by atoms with Crippen LogP contribution in [-0.4, -0.2) is 35.7 Å². The fourth-order valence-electron chi connectivity index (χ4n) is 2.13. The van der Waals surface area contributed by atoms with Gasteiger partial charge in [0.05, 0.1) is 5.75 Å². The highest BCUT2D eigenvalue weighted by atomic mass is 32.2. The summed E-state index contributed by atoms with van der Waals surface area (Å²) in [5.74, 6) is 0.354. The van der Waals surface area contributed by atoms with Crippen molar-refractivity contribution in [1.82, 2.24) is 16.0 Å². The van der Waals surface area contributed by atoms with E-state index in [1.807, 2.05) is 37.3 Å². The second kappa shape index (κ2) is 8.05. The summed E-state index contributed by atoms with van der Waals surface area (Å²) in [4.78, 5) is 23.2. The predicted octanol–water partition coefficient (Wildman–Crippen LogP) is 0.860. The lowest BCUT2D eigenvalue weighted by Crippen LogP contribution is -2.54. The number of nitrogens with one attached hydrogen (secondary N) is 3. The van der Waals surface area contributed by atoms with E-state index in [0.717, 1.165) is 6.42 Å². The molecule has 5 nitrogen and oxygen atoms in total. The molecule has 21 heavy (non-hydrogen) atoms. The number of carbonyl (C=O) groups is 2. The Morgan fingerprint density at radius 1 is 1.38 bits per heavy atom. The Balaban J connectivity index is 1.62. The van der Waals surface area contributed by atoms with Gasteiger partial charge in [0, 0.05) is 19.0 Å². The van der Waals surface area contributed by atoms with E-state index >= 15 is 0 Å². The molecule has 6 heteroatoms. The van der Waals surface area contributed by atoms with E-state index in [9.17, 15) is 9.59 Å². The third-order valence-electron chi connectivity index (χ3n) is 3.18. The van der Waals surface area contributed by atoms with Gasteiger partial charge in [0.25, 0.3) is 0 Å². The minimum atomic E-state index is -0.180. The standard InChI is InChI=1S/C15H21N3O2S/c1-11-9-13(19)18-15(17-11)21-10-14(20)16-8-7-12-5-3-2-4-6-12/h2-6,11,15,17H,7-10H2,1H3,(H,16,20)(H,18,19). The van der Waals surface area contributed by atoms with Crippen molar-refractivity contribution in [1.29, 1.82) is 0 Å². The van der Waals surface area contributed by atoms with Crippen LogP contribution >= 0.6 is 11.8 Å². The van der Waals surface area contributed by atoms with Gasteiger partial charge in [-0.2, -0.15) is 0 Å². The van der Waals surface area contributed by atoms with E-state index < -0.39 is 0 Å². The Bertz CT molecular complexity index is 481. The van der Waals surface area contributed by atoms with Crippen molar-refractivity contribution in [2.75, 3.05) is 12.3 Å². The highest BCUT2D eigenvalue weighted by Gasteiger charge is 2.23. The zero-order chi connectivity index (χ0) is 15.1. The molecule has 1 heterocycles. The Kier molecular flexibility index (Phi) is 6.07. The average Bonchev–Trinajstić information content (AvgIpc) is 2.45. The molecule has 0 aromatic heterocycles. The lowest BCUT2D eigenvalue weighted by Gasteiger charge is -2.28. The summed E-state index contributed by atoms with van der Waals surface area (Å²) in [5, 5.41) is 8.94. The zero-order valence-corrected chi connectivity index (χ0v) is 12.9. The first-order valence-electron chi connectivity index (χ1n) is 7.11. The molecule has 3 N–H and O–H groups in total.